The first-order chi connectivity index (χ1) is 8.11. The molecule has 1 heterocycles. The van der Waals surface area contributed by atoms with Crippen molar-refractivity contribution in [3.8, 4) is 11.1 Å². The second-order valence-corrected chi connectivity index (χ2v) is 3.70. The van der Waals surface area contributed by atoms with Crippen molar-refractivity contribution in [2.45, 2.75) is 0 Å². The third kappa shape index (κ3) is 2.05. The van der Waals surface area contributed by atoms with Crippen molar-refractivity contribution in [1.82, 2.24) is 10.2 Å². The van der Waals surface area contributed by atoms with Crippen LogP contribution in [0.1, 0.15) is 10.5 Å². The van der Waals surface area contributed by atoms with Gasteiger partial charge in [-0.2, -0.15) is 5.10 Å². The van der Waals surface area contributed by atoms with Crippen LogP contribution < -0.4 is 11.3 Å². The van der Waals surface area contributed by atoms with Gasteiger partial charge in [0.25, 0.3) is 11.5 Å². The molecule has 0 aliphatic carbocycles. The van der Waals surface area contributed by atoms with E-state index in [9.17, 15) is 9.59 Å². The minimum absolute atomic E-state index is 0.0348. The number of rotatable bonds is 2. The monoisotopic (exact) mass is 249 g/mol. The maximum Gasteiger partial charge on any atom is 0.273 e. The maximum absolute atomic E-state index is 11.7. The molecule has 0 saturated heterocycles. The number of aromatic nitrogens is 2. The Morgan fingerprint density at radius 3 is 2.53 bits per heavy atom. The summed E-state index contributed by atoms with van der Waals surface area (Å²) in [6, 6.07) is 8.75. The fourth-order valence-electron chi connectivity index (χ4n) is 1.46. The second-order valence-electron chi connectivity index (χ2n) is 3.32. The first-order valence-corrected chi connectivity index (χ1v) is 5.12. The third-order valence-electron chi connectivity index (χ3n) is 2.22. The van der Waals surface area contributed by atoms with Gasteiger partial charge in [-0.25, -0.2) is 5.10 Å². The number of carbonyl (C=O) groups excluding carboxylic acids is 1. The minimum Gasteiger partial charge on any atom is -0.364 e. The van der Waals surface area contributed by atoms with E-state index in [2.05, 4.69) is 10.2 Å². The molecule has 0 radical (unpaired) electrons. The quantitative estimate of drug-likeness (QED) is 0.838. The van der Waals surface area contributed by atoms with Crippen molar-refractivity contribution in [3.63, 3.8) is 0 Å². The topological polar surface area (TPSA) is 88.8 Å². The standard InChI is InChI=1S/C11H8ClN3O2/c12-8-7(6-4-2-1-3-5-6)11(17)15-14-9(8)10(13)16/h1-5H,(H2,13,16)(H,15,17). The molecular weight excluding hydrogens is 242 g/mol. The Bertz CT molecular complexity index is 622. The zero-order valence-corrected chi connectivity index (χ0v) is 9.36. The second kappa shape index (κ2) is 4.39. The molecule has 0 bridgehead atoms. The summed E-state index contributed by atoms with van der Waals surface area (Å²) in [5.74, 6) is -0.788. The Labute approximate surface area is 101 Å². The molecular formula is C11H8ClN3O2. The molecule has 0 unspecified atom stereocenters. The van der Waals surface area contributed by atoms with Gasteiger partial charge in [0.15, 0.2) is 5.69 Å². The molecule has 17 heavy (non-hydrogen) atoms. The number of halogens is 1. The first-order valence-electron chi connectivity index (χ1n) is 4.74. The van der Waals surface area contributed by atoms with Gasteiger partial charge in [-0.1, -0.05) is 41.9 Å². The van der Waals surface area contributed by atoms with Gasteiger partial charge in [0.2, 0.25) is 0 Å². The molecule has 0 aliphatic rings. The average Bonchev–Trinajstić information content (AvgIpc) is 2.30. The van der Waals surface area contributed by atoms with Gasteiger partial charge >= 0.3 is 0 Å². The normalized spacial score (nSPS) is 10.2. The molecule has 2 aromatic rings. The van der Waals surface area contributed by atoms with Crippen LogP contribution in [0.15, 0.2) is 35.1 Å². The van der Waals surface area contributed by atoms with Crippen LogP contribution in [0.3, 0.4) is 0 Å². The van der Waals surface area contributed by atoms with Gasteiger partial charge in [0.05, 0.1) is 10.6 Å². The van der Waals surface area contributed by atoms with Gasteiger partial charge in [-0.15, -0.1) is 0 Å². The number of amides is 1. The number of nitrogens with two attached hydrogens (primary N) is 1. The molecule has 1 amide bonds. The summed E-state index contributed by atoms with van der Waals surface area (Å²) >= 11 is 5.96. The molecule has 0 atom stereocenters. The van der Waals surface area contributed by atoms with E-state index < -0.39 is 11.5 Å². The summed E-state index contributed by atoms with van der Waals surface area (Å²) in [5.41, 5.74) is 5.28. The lowest BCUT2D eigenvalue weighted by Gasteiger charge is -2.05. The smallest absolute Gasteiger partial charge is 0.273 e. The molecule has 5 nitrogen and oxygen atoms in total. The van der Waals surface area contributed by atoms with Crippen molar-refractivity contribution >= 4 is 17.5 Å². The zero-order chi connectivity index (χ0) is 12.4. The SMILES string of the molecule is NC(=O)c1n[nH]c(=O)c(-c2ccccc2)c1Cl. The van der Waals surface area contributed by atoms with Crippen molar-refractivity contribution < 1.29 is 4.79 Å². The highest BCUT2D eigenvalue weighted by Gasteiger charge is 2.17. The molecule has 3 N–H and O–H groups in total. The average molecular weight is 250 g/mol. The molecule has 2 rings (SSSR count). The Morgan fingerprint density at radius 2 is 1.94 bits per heavy atom. The van der Waals surface area contributed by atoms with Gasteiger partial charge in [-0.3, -0.25) is 9.59 Å². The molecule has 0 spiro atoms. The van der Waals surface area contributed by atoms with Gasteiger partial charge in [-0.05, 0) is 5.56 Å². The van der Waals surface area contributed by atoms with Crippen LogP contribution in [0.25, 0.3) is 11.1 Å². The maximum atomic E-state index is 11.7. The lowest BCUT2D eigenvalue weighted by molar-refractivity contribution is 0.0994. The Balaban J connectivity index is 2.74. The van der Waals surface area contributed by atoms with E-state index in [1.807, 2.05) is 6.07 Å². The van der Waals surface area contributed by atoms with Crippen molar-refractivity contribution in [2.24, 2.45) is 5.73 Å². The van der Waals surface area contributed by atoms with Gasteiger partial charge in [0, 0.05) is 0 Å². The zero-order valence-electron chi connectivity index (χ0n) is 8.61. The Kier molecular flexibility index (Phi) is 2.93. The lowest BCUT2D eigenvalue weighted by Crippen LogP contribution is -2.20. The van der Waals surface area contributed by atoms with Crippen LogP contribution in [-0.4, -0.2) is 16.1 Å². The Hall–Kier alpha value is -2.14. The van der Waals surface area contributed by atoms with E-state index in [0.717, 1.165) is 0 Å². The summed E-state index contributed by atoms with van der Waals surface area (Å²) in [4.78, 5) is 22.7. The number of aromatic amines is 1. The highest BCUT2D eigenvalue weighted by atomic mass is 35.5. The van der Waals surface area contributed by atoms with E-state index in [1.165, 1.54) is 0 Å². The molecule has 1 aromatic carbocycles. The molecule has 86 valence electrons. The van der Waals surface area contributed by atoms with E-state index in [0.29, 0.717) is 5.56 Å². The van der Waals surface area contributed by atoms with E-state index in [4.69, 9.17) is 17.3 Å². The molecule has 6 heteroatoms. The predicted molar refractivity (Wildman–Crippen MR) is 63.8 cm³/mol. The van der Waals surface area contributed by atoms with Crippen molar-refractivity contribution in [2.75, 3.05) is 0 Å². The molecule has 0 fully saturated rings. The summed E-state index contributed by atoms with van der Waals surface area (Å²) in [5, 5.41) is 5.68. The van der Waals surface area contributed by atoms with E-state index in [-0.39, 0.29) is 16.3 Å². The number of nitrogens with one attached hydrogen (secondary N) is 1. The van der Waals surface area contributed by atoms with E-state index in [1.54, 1.807) is 24.3 Å². The van der Waals surface area contributed by atoms with Crippen LogP contribution in [0, 0.1) is 0 Å². The van der Waals surface area contributed by atoms with Gasteiger partial charge in [0.1, 0.15) is 0 Å². The Morgan fingerprint density at radius 1 is 1.29 bits per heavy atom. The molecule has 0 saturated carbocycles. The summed E-state index contributed by atoms with van der Waals surface area (Å²) in [6.07, 6.45) is 0. The number of carbonyl (C=O) groups is 1. The van der Waals surface area contributed by atoms with Crippen LogP contribution >= 0.6 is 11.6 Å². The summed E-state index contributed by atoms with van der Waals surface area (Å²) < 4.78 is 0. The highest BCUT2D eigenvalue weighted by Crippen LogP contribution is 2.25. The summed E-state index contributed by atoms with van der Waals surface area (Å²) in [6.45, 7) is 0. The van der Waals surface area contributed by atoms with Crippen LogP contribution in [0.5, 0.6) is 0 Å². The van der Waals surface area contributed by atoms with Crippen molar-refractivity contribution in [3.05, 3.63) is 51.4 Å². The minimum atomic E-state index is -0.788. The number of benzene rings is 1. The number of nitrogens with zero attached hydrogens (tertiary/aromatic N) is 1. The molecule has 1 aromatic heterocycles. The number of hydrogen-bond donors (Lipinski definition) is 2. The van der Waals surface area contributed by atoms with Gasteiger partial charge < -0.3 is 5.73 Å². The van der Waals surface area contributed by atoms with E-state index >= 15 is 0 Å². The predicted octanol–water partition coefficient (Wildman–Crippen LogP) is 1.19. The number of H-pyrrole nitrogens is 1. The number of primary amides is 1. The fraction of sp³-hybridized carbons (Fsp3) is 0. The van der Waals surface area contributed by atoms with Crippen LogP contribution in [0.4, 0.5) is 0 Å². The first kappa shape index (κ1) is 11.3. The summed E-state index contributed by atoms with van der Waals surface area (Å²) in [7, 11) is 0. The molecule has 0 aliphatic heterocycles. The van der Waals surface area contributed by atoms with Crippen LogP contribution in [-0.2, 0) is 0 Å². The fourth-order valence-corrected chi connectivity index (χ4v) is 1.79. The van der Waals surface area contributed by atoms with Crippen LogP contribution in [0.2, 0.25) is 5.02 Å². The largest absolute Gasteiger partial charge is 0.364 e. The third-order valence-corrected chi connectivity index (χ3v) is 2.59. The highest BCUT2D eigenvalue weighted by molar-refractivity contribution is 6.36. The van der Waals surface area contributed by atoms with Crippen molar-refractivity contribution in [1.29, 1.82) is 0 Å². The lowest BCUT2D eigenvalue weighted by atomic mass is 10.1. The number of hydrogen-bond acceptors (Lipinski definition) is 3.